The van der Waals surface area contributed by atoms with Gasteiger partial charge in [0.15, 0.2) is 0 Å². The molecule has 1 aliphatic rings. The van der Waals surface area contributed by atoms with Crippen LogP contribution < -0.4 is 5.32 Å². The van der Waals surface area contributed by atoms with Crippen LogP contribution in [0.2, 0.25) is 0 Å². The van der Waals surface area contributed by atoms with E-state index in [1.165, 1.54) is 0 Å². The molecule has 16 heavy (non-hydrogen) atoms. The first kappa shape index (κ1) is 13.5. The summed E-state index contributed by atoms with van der Waals surface area (Å²) in [5.74, 6) is -0.0929. The van der Waals surface area contributed by atoms with Gasteiger partial charge < -0.3 is 15.0 Å². The van der Waals surface area contributed by atoms with Gasteiger partial charge in [-0.05, 0) is 40.3 Å². The highest BCUT2D eigenvalue weighted by Gasteiger charge is 2.17. The van der Waals surface area contributed by atoms with Gasteiger partial charge in [0.25, 0.3) is 0 Å². The molecule has 1 N–H and O–H groups in total. The average Bonchev–Trinajstić information content (AvgIpc) is 2.39. The van der Waals surface area contributed by atoms with Crippen LogP contribution in [0.4, 0.5) is 0 Å². The Balaban J connectivity index is 2.20. The van der Waals surface area contributed by atoms with Crippen LogP contribution in [0.3, 0.4) is 0 Å². The maximum Gasteiger partial charge on any atom is 0.307 e. The summed E-state index contributed by atoms with van der Waals surface area (Å²) in [6, 6.07) is 0. The zero-order chi connectivity index (χ0) is 12.0. The first-order valence-electron chi connectivity index (χ1n) is 6.12. The molecule has 0 saturated carbocycles. The zero-order valence-electron chi connectivity index (χ0n) is 10.7. The molecule has 1 saturated heterocycles. The summed E-state index contributed by atoms with van der Waals surface area (Å²) in [5.41, 5.74) is -0.364. The molecular weight excluding hydrogens is 204 g/mol. The second-order valence-electron chi connectivity index (χ2n) is 5.28. The largest absolute Gasteiger partial charge is 0.460 e. The molecule has 1 aliphatic heterocycles. The standard InChI is InChI=1S/C12H24N2O2/c1-12(2,3)16-11(15)5-9-14-8-4-6-13-7-10-14/h13H,4-10H2,1-3H3. The minimum absolute atomic E-state index is 0.0929. The minimum atomic E-state index is -0.364. The van der Waals surface area contributed by atoms with Crippen molar-refractivity contribution in [3.8, 4) is 0 Å². The summed E-state index contributed by atoms with van der Waals surface area (Å²) in [6.45, 7) is 10.7. The van der Waals surface area contributed by atoms with E-state index in [0.29, 0.717) is 6.42 Å². The van der Waals surface area contributed by atoms with Crippen LogP contribution in [0, 0.1) is 0 Å². The van der Waals surface area contributed by atoms with Gasteiger partial charge in [-0.15, -0.1) is 0 Å². The molecule has 0 aromatic carbocycles. The molecule has 4 nitrogen and oxygen atoms in total. The maximum absolute atomic E-state index is 11.5. The van der Waals surface area contributed by atoms with Gasteiger partial charge in [0, 0.05) is 19.6 Å². The Kier molecular flexibility index (Phi) is 5.22. The topological polar surface area (TPSA) is 41.6 Å². The Morgan fingerprint density at radius 2 is 2.06 bits per heavy atom. The van der Waals surface area contributed by atoms with E-state index in [9.17, 15) is 4.79 Å². The van der Waals surface area contributed by atoms with Crippen LogP contribution in [0.5, 0.6) is 0 Å². The van der Waals surface area contributed by atoms with E-state index in [1.807, 2.05) is 20.8 Å². The smallest absolute Gasteiger partial charge is 0.307 e. The van der Waals surface area contributed by atoms with Crippen LogP contribution in [-0.2, 0) is 9.53 Å². The summed E-state index contributed by atoms with van der Waals surface area (Å²) in [6.07, 6.45) is 1.66. The molecule has 4 heteroatoms. The Morgan fingerprint density at radius 3 is 2.75 bits per heavy atom. The number of nitrogens with zero attached hydrogens (tertiary/aromatic N) is 1. The van der Waals surface area contributed by atoms with E-state index in [0.717, 1.165) is 39.1 Å². The van der Waals surface area contributed by atoms with Gasteiger partial charge in [0.1, 0.15) is 5.60 Å². The molecule has 0 spiro atoms. The van der Waals surface area contributed by atoms with Crippen molar-refractivity contribution in [2.24, 2.45) is 0 Å². The van der Waals surface area contributed by atoms with E-state index in [2.05, 4.69) is 10.2 Å². The highest BCUT2D eigenvalue weighted by atomic mass is 16.6. The maximum atomic E-state index is 11.5. The fraction of sp³-hybridized carbons (Fsp3) is 0.917. The average molecular weight is 228 g/mol. The predicted octanol–water partition coefficient (Wildman–Crippen LogP) is 1.01. The van der Waals surface area contributed by atoms with Crippen LogP contribution in [-0.4, -0.2) is 49.2 Å². The van der Waals surface area contributed by atoms with Crippen molar-refractivity contribution >= 4 is 5.97 Å². The quantitative estimate of drug-likeness (QED) is 0.732. The summed E-state index contributed by atoms with van der Waals surface area (Å²) >= 11 is 0. The number of carbonyl (C=O) groups is 1. The van der Waals surface area contributed by atoms with E-state index in [4.69, 9.17) is 4.74 Å². The zero-order valence-corrected chi connectivity index (χ0v) is 10.7. The summed E-state index contributed by atoms with van der Waals surface area (Å²) in [7, 11) is 0. The number of hydrogen-bond acceptors (Lipinski definition) is 4. The van der Waals surface area contributed by atoms with Gasteiger partial charge in [-0.25, -0.2) is 0 Å². The van der Waals surface area contributed by atoms with Crippen molar-refractivity contribution in [3.63, 3.8) is 0 Å². The lowest BCUT2D eigenvalue weighted by Gasteiger charge is -2.22. The van der Waals surface area contributed by atoms with Gasteiger partial charge in [-0.2, -0.15) is 0 Å². The second kappa shape index (κ2) is 6.21. The molecule has 1 fully saturated rings. The molecule has 0 aromatic heterocycles. The molecular formula is C12H24N2O2. The van der Waals surface area contributed by atoms with Gasteiger partial charge in [0.2, 0.25) is 0 Å². The third kappa shape index (κ3) is 6.08. The Labute approximate surface area is 98.3 Å². The molecule has 1 heterocycles. The van der Waals surface area contributed by atoms with Crippen molar-refractivity contribution in [1.82, 2.24) is 10.2 Å². The van der Waals surface area contributed by atoms with Crippen LogP contribution in [0.25, 0.3) is 0 Å². The fourth-order valence-electron chi connectivity index (χ4n) is 1.77. The Hall–Kier alpha value is -0.610. The molecule has 1 rings (SSSR count). The summed E-state index contributed by atoms with van der Waals surface area (Å²) < 4.78 is 5.28. The van der Waals surface area contributed by atoms with Crippen molar-refractivity contribution < 1.29 is 9.53 Å². The number of esters is 1. The summed E-state index contributed by atoms with van der Waals surface area (Å²) in [5, 5.41) is 3.35. The van der Waals surface area contributed by atoms with Gasteiger partial charge in [0.05, 0.1) is 6.42 Å². The first-order chi connectivity index (χ1) is 7.47. The molecule has 0 atom stereocenters. The Bertz CT molecular complexity index is 216. The highest BCUT2D eigenvalue weighted by molar-refractivity contribution is 5.70. The predicted molar refractivity (Wildman–Crippen MR) is 64.4 cm³/mol. The molecule has 0 radical (unpaired) electrons. The third-order valence-corrected chi connectivity index (χ3v) is 2.48. The fourth-order valence-corrected chi connectivity index (χ4v) is 1.77. The number of ether oxygens (including phenoxy) is 1. The molecule has 0 aromatic rings. The summed E-state index contributed by atoms with van der Waals surface area (Å²) in [4.78, 5) is 13.8. The van der Waals surface area contributed by atoms with Crippen molar-refractivity contribution in [2.75, 3.05) is 32.7 Å². The third-order valence-electron chi connectivity index (χ3n) is 2.48. The number of hydrogen-bond donors (Lipinski definition) is 1. The van der Waals surface area contributed by atoms with Gasteiger partial charge in [-0.3, -0.25) is 4.79 Å². The van der Waals surface area contributed by atoms with Gasteiger partial charge >= 0.3 is 5.97 Å². The molecule has 0 unspecified atom stereocenters. The highest BCUT2D eigenvalue weighted by Crippen LogP contribution is 2.08. The lowest BCUT2D eigenvalue weighted by atomic mass is 10.2. The van der Waals surface area contributed by atoms with Crippen LogP contribution in [0.1, 0.15) is 33.6 Å². The van der Waals surface area contributed by atoms with Crippen LogP contribution in [0.15, 0.2) is 0 Å². The normalized spacial score (nSPS) is 19.2. The molecule has 0 aliphatic carbocycles. The minimum Gasteiger partial charge on any atom is -0.460 e. The van der Waals surface area contributed by atoms with Crippen molar-refractivity contribution in [3.05, 3.63) is 0 Å². The van der Waals surface area contributed by atoms with Gasteiger partial charge in [-0.1, -0.05) is 0 Å². The van der Waals surface area contributed by atoms with Crippen LogP contribution >= 0.6 is 0 Å². The lowest BCUT2D eigenvalue weighted by Crippen LogP contribution is -2.32. The monoisotopic (exact) mass is 228 g/mol. The number of rotatable bonds is 3. The molecule has 0 amide bonds. The van der Waals surface area contributed by atoms with E-state index in [1.54, 1.807) is 0 Å². The van der Waals surface area contributed by atoms with E-state index >= 15 is 0 Å². The molecule has 0 bridgehead atoms. The number of nitrogens with one attached hydrogen (secondary N) is 1. The SMILES string of the molecule is CC(C)(C)OC(=O)CCN1CCCNCC1. The lowest BCUT2D eigenvalue weighted by molar-refractivity contribution is -0.155. The first-order valence-corrected chi connectivity index (χ1v) is 6.12. The number of carbonyl (C=O) groups excluding carboxylic acids is 1. The van der Waals surface area contributed by atoms with E-state index < -0.39 is 0 Å². The second-order valence-corrected chi connectivity index (χ2v) is 5.28. The molecule has 94 valence electrons. The van der Waals surface area contributed by atoms with Crippen molar-refractivity contribution in [2.45, 2.75) is 39.2 Å². The Morgan fingerprint density at radius 1 is 1.31 bits per heavy atom. The van der Waals surface area contributed by atoms with Crippen molar-refractivity contribution in [1.29, 1.82) is 0 Å². The van der Waals surface area contributed by atoms with E-state index in [-0.39, 0.29) is 11.6 Å².